The number of amides is 1. The summed E-state index contributed by atoms with van der Waals surface area (Å²) in [5.74, 6) is 0.748. The molecular weight excluding hydrogens is 304 g/mol. The Labute approximate surface area is 141 Å². The van der Waals surface area contributed by atoms with Crippen LogP contribution in [0.25, 0.3) is 5.65 Å². The predicted molar refractivity (Wildman–Crippen MR) is 90.8 cm³/mol. The fraction of sp³-hybridized carbons (Fsp3) is 0.556. The van der Waals surface area contributed by atoms with Crippen LogP contribution in [0.5, 0.6) is 0 Å². The van der Waals surface area contributed by atoms with E-state index >= 15 is 0 Å². The number of aliphatic hydroxyl groups is 1. The maximum absolute atomic E-state index is 12.7. The molecule has 1 saturated carbocycles. The average molecular weight is 328 g/mol. The minimum atomic E-state index is -0.202. The van der Waals surface area contributed by atoms with Crippen molar-refractivity contribution in [1.82, 2.24) is 20.0 Å². The first-order valence-electron chi connectivity index (χ1n) is 8.84. The smallest absolute Gasteiger partial charge is 0.271 e. The Morgan fingerprint density at radius 2 is 2.08 bits per heavy atom. The Bertz CT molecular complexity index is 684. The van der Waals surface area contributed by atoms with Gasteiger partial charge in [-0.1, -0.05) is 6.07 Å². The molecular formula is C18H24N4O2. The minimum Gasteiger partial charge on any atom is -0.393 e. The second-order valence-electron chi connectivity index (χ2n) is 7.06. The van der Waals surface area contributed by atoms with Crippen molar-refractivity contribution in [3.63, 3.8) is 0 Å². The number of rotatable bonds is 4. The Hall–Kier alpha value is -1.92. The molecule has 3 N–H and O–H groups in total. The third kappa shape index (κ3) is 3.03. The highest BCUT2D eigenvalue weighted by atomic mass is 16.3. The molecule has 1 saturated heterocycles. The summed E-state index contributed by atoms with van der Waals surface area (Å²) in [6.45, 7) is 2.00. The number of nitrogens with one attached hydrogen (secondary N) is 2. The van der Waals surface area contributed by atoms with Crippen LogP contribution in [0.15, 0.2) is 30.6 Å². The molecule has 6 heteroatoms. The summed E-state index contributed by atoms with van der Waals surface area (Å²) < 4.78 is 1.86. The summed E-state index contributed by atoms with van der Waals surface area (Å²) in [6.07, 6.45) is 7.20. The highest BCUT2D eigenvalue weighted by Gasteiger charge is 2.39. The number of carbonyl (C=O) groups is 1. The van der Waals surface area contributed by atoms with Crippen molar-refractivity contribution in [2.24, 2.45) is 11.8 Å². The molecule has 2 aliphatic rings. The molecule has 3 heterocycles. The number of aliphatic hydroxyl groups excluding tert-OH is 1. The number of piperidine rings is 1. The number of imidazole rings is 1. The Balaban J connectivity index is 1.51. The molecule has 0 aromatic carbocycles. The molecule has 2 fully saturated rings. The lowest BCUT2D eigenvalue weighted by atomic mass is 9.71. The lowest BCUT2D eigenvalue weighted by molar-refractivity contribution is 0.00914. The average Bonchev–Trinajstić information content (AvgIpc) is 3.02. The molecule has 6 nitrogen and oxygen atoms in total. The Kier molecular flexibility index (Phi) is 4.24. The fourth-order valence-electron chi connectivity index (χ4n) is 4.02. The third-order valence-electron chi connectivity index (χ3n) is 5.44. The van der Waals surface area contributed by atoms with Gasteiger partial charge in [-0.25, -0.2) is 4.98 Å². The van der Waals surface area contributed by atoms with E-state index in [9.17, 15) is 9.90 Å². The maximum atomic E-state index is 12.7. The van der Waals surface area contributed by atoms with E-state index in [1.54, 1.807) is 6.20 Å². The SMILES string of the molecule is O=C(NC(C1CCNCC1)C1CC(O)C1)c1cn2ccccc2n1. The first-order chi connectivity index (χ1) is 11.7. The normalized spacial score (nSPS) is 26.0. The first-order valence-corrected chi connectivity index (χ1v) is 8.84. The molecule has 2 aromatic rings. The summed E-state index contributed by atoms with van der Waals surface area (Å²) in [6, 6.07) is 5.86. The van der Waals surface area contributed by atoms with Crippen LogP contribution in [0.2, 0.25) is 0 Å². The molecule has 128 valence electrons. The number of hydrogen-bond donors (Lipinski definition) is 3. The molecule has 1 unspecified atom stereocenters. The molecule has 0 spiro atoms. The van der Waals surface area contributed by atoms with Crippen LogP contribution in [0.4, 0.5) is 0 Å². The Morgan fingerprint density at radius 1 is 1.29 bits per heavy atom. The van der Waals surface area contributed by atoms with E-state index in [4.69, 9.17) is 0 Å². The van der Waals surface area contributed by atoms with Crippen molar-refractivity contribution in [3.05, 3.63) is 36.3 Å². The van der Waals surface area contributed by atoms with Gasteiger partial charge in [0, 0.05) is 18.4 Å². The van der Waals surface area contributed by atoms with E-state index < -0.39 is 0 Å². The van der Waals surface area contributed by atoms with Gasteiger partial charge < -0.3 is 20.1 Å². The molecule has 24 heavy (non-hydrogen) atoms. The maximum Gasteiger partial charge on any atom is 0.271 e. The number of fused-ring (bicyclic) bond motifs is 1. The lowest BCUT2D eigenvalue weighted by Gasteiger charge is -2.43. The van der Waals surface area contributed by atoms with Gasteiger partial charge in [-0.3, -0.25) is 4.79 Å². The van der Waals surface area contributed by atoms with Crippen LogP contribution in [0, 0.1) is 11.8 Å². The molecule has 0 radical (unpaired) electrons. The summed E-state index contributed by atoms with van der Waals surface area (Å²) in [5, 5.41) is 16.3. The molecule has 1 atom stereocenters. The topological polar surface area (TPSA) is 78.7 Å². The van der Waals surface area contributed by atoms with Crippen LogP contribution in [0.3, 0.4) is 0 Å². The Morgan fingerprint density at radius 3 is 2.79 bits per heavy atom. The van der Waals surface area contributed by atoms with Gasteiger partial charge in [0.1, 0.15) is 11.3 Å². The van der Waals surface area contributed by atoms with Gasteiger partial charge in [-0.05, 0) is 62.7 Å². The molecule has 2 aromatic heterocycles. The van der Waals surface area contributed by atoms with Crippen molar-refractivity contribution in [1.29, 1.82) is 0 Å². The van der Waals surface area contributed by atoms with Gasteiger partial charge in [0.05, 0.1) is 6.10 Å². The summed E-state index contributed by atoms with van der Waals surface area (Å²) in [7, 11) is 0. The summed E-state index contributed by atoms with van der Waals surface area (Å²) in [4.78, 5) is 17.1. The van der Waals surface area contributed by atoms with Gasteiger partial charge in [0.2, 0.25) is 0 Å². The lowest BCUT2D eigenvalue weighted by Crippen LogP contribution is -2.52. The monoisotopic (exact) mass is 328 g/mol. The minimum absolute atomic E-state index is 0.108. The van der Waals surface area contributed by atoms with Gasteiger partial charge in [-0.2, -0.15) is 0 Å². The van der Waals surface area contributed by atoms with Crippen molar-refractivity contribution >= 4 is 11.6 Å². The molecule has 1 aliphatic heterocycles. The molecule has 4 rings (SSSR count). The van der Waals surface area contributed by atoms with Crippen molar-refractivity contribution < 1.29 is 9.90 Å². The van der Waals surface area contributed by atoms with E-state index in [0.29, 0.717) is 17.5 Å². The summed E-state index contributed by atoms with van der Waals surface area (Å²) >= 11 is 0. The molecule has 1 amide bonds. The van der Waals surface area contributed by atoms with Crippen molar-refractivity contribution in [2.75, 3.05) is 13.1 Å². The van der Waals surface area contributed by atoms with Gasteiger partial charge >= 0.3 is 0 Å². The predicted octanol–water partition coefficient (Wildman–Crippen LogP) is 1.20. The molecule has 0 bridgehead atoms. The highest BCUT2D eigenvalue weighted by molar-refractivity contribution is 5.93. The molecule has 1 aliphatic carbocycles. The van der Waals surface area contributed by atoms with Crippen molar-refractivity contribution in [2.45, 2.75) is 37.8 Å². The quantitative estimate of drug-likeness (QED) is 0.788. The van der Waals surface area contributed by atoms with Gasteiger partial charge in [0.15, 0.2) is 0 Å². The summed E-state index contributed by atoms with van der Waals surface area (Å²) in [5.41, 5.74) is 1.24. The second kappa shape index (κ2) is 6.53. The first kappa shape index (κ1) is 15.6. The van der Waals surface area contributed by atoms with Crippen LogP contribution >= 0.6 is 0 Å². The van der Waals surface area contributed by atoms with Gasteiger partial charge in [-0.15, -0.1) is 0 Å². The second-order valence-corrected chi connectivity index (χ2v) is 7.06. The zero-order chi connectivity index (χ0) is 16.5. The zero-order valence-corrected chi connectivity index (χ0v) is 13.7. The van der Waals surface area contributed by atoms with Crippen LogP contribution in [-0.4, -0.2) is 45.6 Å². The number of hydrogen-bond acceptors (Lipinski definition) is 4. The third-order valence-corrected chi connectivity index (χ3v) is 5.44. The standard InChI is InChI=1S/C18H24N4O2/c23-14-9-13(10-14)17(12-4-6-19-7-5-12)21-18(24)15-11-22-8-2-1-3-16(22)20-15/h1-3,8,11-14,17,19,23H,4-7,9-10H2,(H,21,24). The number of nitrogens with zero attached hydrogens (tertiary/aromatic N) is 2. The van der Waals surface area contributed by atoms with Crippen LogP contribution in [-0.2, 0) is 0 Å². The highest BCUT2D eigenvalue weighted by Crippen LogP contribution is 2.35. The van der Waals surface area contributed by atoms with Crippen molar-refractivity contribution in [3.8, 4) is 0 Å². The van der Waals surface area contributed by atoms with E-state index in [2.05, 4.69) is 15.6 Å². The van der Waals surface area contributed by atoms with Crippen LogP contribution in [0.1, 0.15) is 36.2 Å². The number of aromatic nitrogens is 2. The van der Waals surface area contributed by atoms with Crippen LogP contribution < -0.4 is 10.6 Å². The van der Waals surface area contributed by atoms with E-state index in [-0.39, 0.29) is 18.1 Å². The van der Waals surface area contributed by atoms with E-state index in [0.717, 1.165) is 44.4 Å². The zero-order valence-electron chi connectivity index (χ0n) is 13.7. The largest absolute Gasteiger partial charge is 0.393 e. The fourth-order valence-corrected chi connectivity index (χ4v) is 4.02. The number of carbonyl (C=O) groups excluding carboxylic acids is 1. The van der Waals surface area contributed by atoms with Gasteiger partial charge in [0.25, 0.3) is 5.91 Å². The number of pyridine rings is 1. The van der Waals surface area contributed by atoms with E-state index in [1.807, 2.05) is 28.8 Å². The van der Waals surface area contributed by atoms with E-state index in [1.165, 1.54) is 0 Å².